The van der Waals surface area contributed by atoms with E-state index in [-0.39, 0.29) is 48.7 Å². The standard InChI is InChI=1S/C39H45N5O12S/c1-6-44(27-7-8-32(25(2)19-27)42-43-37-36(41-4)26(3)35(22-40)57-37)9-10-52-11-12-53-13-14-54-15-16-55-17-18-56-39(50)31-21-29(34(48)24-46)28(33(47)23-45)20-30(31)38(49)51-5/h7-8,19-21,45-46H,6,9-18,23-24H2,1-3,5H3. The number of nitriles is 1. The molecule has 18 heteroatoms. The van der Waals surface area contributed by atoms with Gasteiger partial charge in [0.2, 0.25) is 5.69 Å². The monoisotopic (exact) mass is 807 g/mol. The molecule has 0 spiro atoms. The zero-order valence-corrected chi connectivity index (χ0v) is 33.0. The minimum absolute atomic E-state index is 0.000505. The van der Waals surface area contributed by atoms with E-state index in [0.717, 1.165) is 48.4 Å². The van der Waals surface area contributed by atoms with Crippen LogP contribution in [-0.4, -0.2) is 127 Å². The number of aliphatic hydroxyl groups excluding tert-OH is 2. The third-order valence-corrected chi connectivity index (χ3v) is 9.31. The summed E-state index contributed by atoms with van der Waals surface area (Å²) in [5.41, 5.74) is 2.18. The summed E-state index contributed by atoms with van der Waals surface area (Å²) in [7, 11) is 1.06. The van der Waals surface area contributed by atoms with Gasteiger partial charge in [0.05, 0.1) is 88.2 Å². The van der Waals surface area contributed by atoms with Crippen LogP contribution in [0.25, 0.3) is 4.85 Å². The summed E-state index contributed by atoms with van der Waals surface area (Å²) in [6.45, 7) is 14.9. The number of esters is 2. The van der Waals surface area contributed by atoms with E-state index in [0.29, 0.717) is 66.4 Å². The van der Waals surface area contributed by atoms with Gasteiger partial charge in [-0.1, -0.05) is 0 Å². The van der Waals surface area contributed by atoms with Crippen molar-refractivity contribution >= 4 is 56.9 Å². The number of likely N-dealkylation sites (N-methyl/N-ethyl adjacent to an activating group) is 1. The molecule has 0 unspecified atom stereocenters. The first kappa shape index (κ1) is 45.9. The van der Waals surface area contributed by atoms with Gasteiger partial charge < -0.3 is 43.5 Å². The molecule has 1 aromatic heterocycles. The molecule has 1 heterocycles. The molecule has 304 valence electrons. The van der Waals surface area contributed by atoms with Crippen molar-refractivity contribution in [1.82, 2.24) is 0 Å². The fourth-order valence-electron chi connectivity index (χ4n) is 5.20. The number of thiophene rings is 1. The number of Topliss-reactive ketones (excluding diaryl/α,β-unsaturated/α-hetero) is 2. The van der Waals surface area contributed by atoms with Crippen LogP contribution < -0.4 is 4.90 Å². The van der Waals surface area contributed by atoms with Crippen molar-refractivity contribution in [1.29, 1.82) is 5.26 Å². The average molecular weight is 808 g/mol. The maximum absolute atomic E-state index is 12.8. The highest BCUT2D eigenvalue weighted by atomic mass is 32.1. The van der Waals surface area contributed by atoms with E-state index in [1.165, 1.54) is 0 Å². The van der Waals surface area contributed by atoms with Crippen LogP contribution in [0.1, 0.15) is 64.4 Å². The summed E-state index contributed by atoms with van der Waals surface area (Å²) in [6, 6.07) is 9.86. The minimum atomic E-state index is -0.990. The normalized spacial score (nSPS) is 10.9. The van der Waals surface area contributed by atoms with Gasteiger partial charge >= 0.3 is 11.9 Å². The van der Waals surface area contributed by atoms with Gasteiger partial charge in [-0.15, -0.1) is 11.3 Å². The van der Waals surface area contributed by atoms with Gasteiger partial charge in [0, 0.05) is 29.9 Å². The zero-order chi connectivity index (χ0) is 41.7. The molecule has 0 saturated carbocycles. The van der Waals surface area contributed by atoms with E-state index in [2.05, 4.69) is 37.7 Å². The van der Waals surface area contributed by atoms with E-state index < -0.39 is 36.7 Å². The number of aliphatic hydroxyl groups is 2. The number of aryl methyl sites for hydroxylation is 1. The van der Waals surface area contributed by atoms with Gasteiger partial charge in [-0.05, 0) is 62.2 Å². The highest BCUT2D eigenvalue weighted by Gasteiger charge is 2.26. The molecular formula is C39H45N5O12S. The van der Waals surface area contributed by atoms with E-state index in [1.54, 1.807) is 6.92 Å². The van der Waals surface area contributed by atoms with Crippen molar-refractivity contribution in [3.05, 3.63) is 80.0 Å². The van der Waals surface area contributed by atoms with Gasteiger partial charge in [-0.25, -0.2) is 14.4 Å². The second kappa shape index (κ2) is 24.3. The molecule has 0 saturated heterocycles. The molecule has 0 bridgehead atoms. The van der Waals surface area contributed by atoms with Crippen LogP contribution in [0.3, 0.4) is 0 Å². The lowest BCUT2D eigenvalue weighted by molar-refractivity contribution is -0.00849. The zero-order valence-electron chi connectivity index (χ0n) is 32.2. The third kappa shape index (κ3) is 13.3. The van der Waals surface area contributed by atoms with Gasteiger partial charge in [-0.3, -0.25) is 9.59 Å². The Hall–Kier alpha value is -5.44. The molecule has 0 aliphatic heterocycles. The SMILES string of the molecule is [C-]#[N+]c1c(N=Nc2ccc(N(CC)CCOCCOCCOCCOCCOC(=O)c3cc(C(=O)CO)c(C(=O)CO)cc3C(=O)OC)cc2C)sc(C#N)c1C. The maximum Gasteiger partial charge on any atom is 0.339 e. The van der Waals surface area contributed by atoms with Crippen molar-refractivity contribution < 1.29 is 57.8 Å². The number of rotatable bonds is 25. The van der Waals surface area contributed by atoms with Crippen molar-refractivity contribution in [3.63, 3.8) is 0 Å². The Kier molecular flexibility index (Phi) is 19.5. The summed E-state index contributed by atoms with van der Waals surface area (Å²) in [5.74, 6) is -3.75. The van der Waals surface area contributed by atoms with E-state index in [9.17, 15) is 34.7 Å². The number of anilines is 1. The Morgan fingerprint density at radius 3 is 1.84 bits per heavy atom. The molecule has 0 fully saturated rings. The molecule has 0 amide bonds. The summed E-state index contributed by atoms with van der Waals surface area (Å²) in [6.07, 6.45) is 0. The molecule has 0 aliphatic carbocycles. The number of carbonyl (C=O) groups excluding carboxylic acids is 4. The van der Waals surface area contributed by atoms with Crippen molar-refractivity contribution in [2.24, 2.45) is 10.2 Å². The first-order valence-corrected chi connectivity index (χ1v) is 18.6. The van der Waals surface area contributed by atoms with E-state index in [1.807, 2.05) is 25.1 Å². The molecule has 0 aliphatic rings. The fourth-order valence-corrected chi connectivity index (χ4v) is 6.07. The van der Waals surface area contributed by atoms with Crippen LogP contribution in [0.15, 0.2) is 40.6 Å². The number of methoxy groups -OCH3 is 1. The molecule has 0 radical (unpaired) electrons. The second-order valence-electron chi connectivity index (χ2n) is 11.9. The van der Waals surface area contributed by atoms with Gasteiger partial charge in [-0.2, -0.15) is 15.5 Å². The average Bonchev–Trinajstić information content (AvgIpc) is 3.54. The number of azo groups is 1. The summed E-state index contributed by atoms with van der Waals surface area (Å²) < 4.78 is 32.0. The highest BCUT2D eigenvalue weighted by molar-refractivity contribution is 7.17. The van der Waals surface area contributed by atoms with Crippen LogP contribution in [-0.2, 0) is 28.4 Å². The summed E-state index contributed by atoms with van der Waals surface area (Å²) >= 11 is 1.16. The Bertz CT molecular complexity index is 1980. The van der Waals surface area contributed by atoms with Gasteiger partial charge in [0.25, 0.3) is 0 Å². The smallest absolute Gasteiger partial charge is 0.339 e. The molecule has 0 atom stereocenters. The summed E-state index contributed by atoms with van der Waals surface area (Å²) in [5, 5.41) is 36.8. The number of ketones is 2. The first-order valence-electron chi connectivity index (χ1n) is 17.8. The minimum Gasteiger partial charge on any atom is -0.465 e. The molecule has 3 aromatic rings. The topological polar surface area (TPSA) is 220 Å². The largest absolute Gasteiger partial charge is 0.465 e. The lowest BCUT2D eigenvalue weighted by Crippen LogP contribution is -2.27. The molecule has 2 N–H and O–H groups in total. The molecule has 3 rings (SSSR count). The van der Waals surface area contributed by atoms with Crippen LogP contribution in [0.4, 0.5) is 22.1 Å². The summed E-state index contributed by atoms with van der Waals surface area (Å²) in [4.78, 5) is 55.6. The van der Waals surface area contributed by atoms with Crippen molar-refractivity contribution in [2.75, 3.05) is 97.8 Å². The molecule has 2 aromatic carbocycles. The number of nitrogens with zero attached hydrogens (tertiary/aromatic N) is 5. The predicted molar refractivity (Wildman–Crippen MR) is 207 cm³/mol. The quantitative estimate of drug-likeness (QED) is 0.0375. The number of hydrogen-bond donors (Lipinski definition) is 2. The van der Waals surface area contributed by atoms with Gasteiger partial charge in [0.1, 0.15) is 30.9 Å². The van der Waals surface area contributed by atoms with Gasteiger partial charge in [0.15, 0.2) is 11.6 Å². The molecule has 57 heavy (non-hydrogen) atoms. The van der Waals surface area contributed by atoms with E-state index in [4.69, 9.17) is 30.3 Å². The third-order valence-electron chi connectivity index (χ3n) is 8.24. The number of carbonyl (C=O) groups is 4. The van der Waals surface area contributed by atoms with Crippen molar-refractivity contribution in [3.8, 4) is 6.07 Å². The Balaban J connectivity index is 1.29. The Labute approximate surface area is 334 Å². The van der Waals surface area contributed by atoms with Crippen LogP contribution >= 0.6 is 11.3 Å². The lowest BCUT2D eigenvalue weighted by atomic mass is 9.93. The lowest BCUT2D eigenvalue weighted by Gasteiger charge is -2.23. The second-order valence-corrected chi connectivity index (χ2v) is 12.9. The predicted octanol–water partition coefficient (Wildman–Crippen LogP) is 5.09. The number of hydrogen-bond acceptors (Lipinski definition) is 17. The molecule has 17 nitrogen and oxygen atoms in total. The van der Waals surface area contributed by atoms with Crippen LogP contribution in [0.2, 0.25) is 0 Å². The van der Waals surface area contributed by atoms with Crippen LogP contribution in [0, 0.1) is 31.8 Å². The Morgan fingerprint density at radius 2 is 1.35 bits per heavy atom. The number of benzene rings is 2. The molecular weight excluding hydrogens is 763 g/mol. The van der Waals surface area contributed by atoms with Crippen LogP contribution in [0.5, 0.6) is 0 Å². The highest BCUT2D eigenvalue weighted by Crippen LogP contribution is 2.42. The maximum atomic E-state index is 12.8. The van der Waals surface area contributed by atoms with Crippen molar-refractivity contribution in [2.45, 2.75) is 20.8 Å². The fraction of sp³-hybridized carbons (Fsp3) is 0.436. The van der Waals surface area contributed by atoms with E-state index >= 15 is 0 Å². The number of ether oxygens (including phenoxy) is 6. The Morgan fingerprint density at radius 1 is 0.807 bits per heavy atom. The first-order chi connectivity index (χ1) is 27.5.